The molecule has 0 aromatic carbocycles. The van der Waals surface area contributed by atoms with Crippen LogP contribution in [-0.2, 0) is 15.9 Å². The molecule has 1 aromatic rings. The second-order valence-electron chi connectivity index (χ2n) is 5.91. The largest absolute Gasteiger partial charge is 0.245 e. The van der Waals surface area contributed by atoms with E-state index in [2.05, 4.69) is 29.8 Å². The average Bonchev–Trinajstić information content (AvgIpc) is 2.64. The van der Waals surface area contributed by atoms with Crippen LogP contribution in [0.4, 0.5) is 0 Å². The van der Waals surface area contributed by atoms with Crippen molar-refractivity contribution < 1.29 is 8.42 Å². The first-order chi connectivity index (χ1) is 9.26. The van der Waals surface area contributed by atoms with Gasteiger partial charge >= 0.3 is 0 Å². The Bertz CT molecular complexity index is 583. The molecule has 0 spiro atoms. The molecule has 2 heterocycles. The minimum Gasteiger partial charge on any atom is -0.207 e. The molecular weight excluding hydrogens is 382 g/mol. The monoisotopic (exact) mass is 399 g/mol. The van der Waals surface area contributed by atoms with Gasteiger partial charge in [0.25, 0.3) is 0 Å². The molecule has 0 saturated carbocycles. The first kappa shape index (κ1) is 16.7. The van der Waals surface area contributed by atoms with Gasteiger partial charge in [0.15, 0.2) is 0 Å². The van der Waals surface area contributed by atoms with Gasteiger partial charge in [-0.05, 0) is 46.7 Å². The van der Waals surface area contributed by atoms with Gasteiger partial charge in [-0.2, -0.15) is 4.31 Å². The predicted molar refractivity (Wildman–Crippen MR) is 88.0 cm³/mol. The van der Waals surface area contributed by atoms with Crippen molar-refractivity contribution in [2.45, 2.75) is 43.9 Å². The molecule has 0 radical (unpaired) electrons. The van der Waals surface area contributed by atoms with Gasteiger partial charge in [-0.3, -0.25) is 0 Å². The summed E-state index contributed by atoms with van der Waals surface area (Å²) in [6, 6.07) is 1.69. The van der Waals surface area contributed by atoms with Crippen molar-refractivity contribution in [2.75, 3.05) is 13.1 Å². The van der Waals surface area contributed by atoms with Crippen molar-refractivity contribution in [1.29, 1.82) is 0 Å². The molecule has 0 N–H and O–H groups in total. The van der Waals surface area contributed by atoms with Gasteiger partial charge in [-0.15, -0.1) is 22.9 Å². The van der Waals surface area contributed by atoms with Crippen LogP contribution >= 0.6 is 38.9 Å². The van der Waals surface area contributed by atoms with Crippen LogP contribution in [0.1, 0.15) is 38.0 Å². The first-order valence-corrected chi connectivity index (χ1v) is 10.2. The van der Waals surface area contributed by atoms with E-state index < -0.39 is 10.0 Å². The Balaban J connectivity index is 2.28. The van der Waals surface area contributed by atoms with Crippen LogP contribution in [0, 0.1) is 5.41 Å². The molecule has 3 nitrogen and oxygen atoms in total. The third-order valence-electron chi connectivity index (χ3n) is 3.76. The van der Waals surface area contributed by atoms with Crippen molar-refractivity contribution >= 4 is 48.9 Å². The molecule has 1 saturated heterocycles. The van der Waals surface area contributed by atoms with E-state index in [1.807, 2.05) is 0 Å². The lowest BCUT2D eigenvalue weighted by molar-refractivity contribution is 0.315. The van der Waals surface area contributed by atoms with Gasteiger partial charge in [-0.25, -0.2) is 8.42 Å². The number of alkyl halides is 1. The molecule has 1 aliphatic rings. The second kappa shape index (κ2) is 6.24. The molecule has 0 atom stereocenters. The molecule has 1 aromatic heterocycles. The van der Waals surface area contributed by atoms with E-state index in [9.17, 15) is 8.42 Å². The number of rotatable bonds is 3. The lowest BCUT2D eigenvalue weighted by Gasteiger charge is -2.23. The standard InChI is InChI=1S/C13H19BrClNO2S2/c1-13(2)4-3-6-16(7-5-13)20(17,18)11-8-10(9-15)19-12(11)14/h8H,3-7,9H2,1-2H3. The molecule has 20 heavy (non-hydrogen) atoms. The van der Waals surface area contributed by atoms with E-state index >= 15 is 0 Å². The fourth-order valence-electron chi connectivity index (χ4n) is 2.42. The van der Waals surface area contributed by atoms with Gasteiger partial charge in [0.1, 0.15) is 4.90 Å². The van der Waals surface area contributed by atoms with Crippen LogP contribution in [0.5, 0.6) is 0 Å². The normalized spacial score (nSPS) is 20.8. The highest BCUT2D eigenvalue weighted by atomic mass is 79.9. The molecule has 2 rings (SSSR count). The van der Waals surface area contributed by atoms with E-state index in [4.69, 9.17) is 11.6 Å². The van der Waals surface area contributed by atoms with Gasteiger partial charge in [0.2, 0.25) is 10.0 Å². The lowest BCUT2D eigenvalue weighted by atomic mass is 9.85. The van der Waals surface area contributed by atoms with E-state index in [1.54, 1.807) is 10.4 Å². The van der Waals surface area contributed by atoms with Crippen molar-refractivity contribution in [2.24, 2.45) is 5.41 Å². The molecule has 1 fully saturated rings. The Morgan fingerprint density at radius 2 is 2.10 bits per heavy atom. The third kappa shape index (κ3) is 3.58. The summed E-state index contributed by atoms with van der Waals surface area (Å²) in [7, 11) is -3.42. The predicted octanol–water partition coefficient (Wildman–Crippen LogP) is 4.45. The van der Waals surface area contributed by atoms with Gasteiger partial charge in [0, 0.05) is 18.0 Å². The number of sulfonamides is 1. The van der Waals surface area contributed by atoms with Crippen LogP contribution in [0.3, 0.4) is 0 Å². The highest BCUT2D eigenvalue weighted by molar-refractivity contribution is 9.11. The number of nitrogens with zero attached hydrogens (tertiary/aromatic N) is 1. The zero-order valence-electron chi connectivity index (χ0n) is 11.7. The summed E-state index contributed by atoms with van der Waals surface area (Å²) < 4.78 is 27.8. The Morgan fingerprint density at radius 3 is 2.70 bits per heavy atom. The highest BCUT2D eigenvalue weighted by Crippen LogP contribution is 2.36. The second-order valence-corrected chi connectivity index (χ2v) is 10.5. The van der Waals surface area contributed by atoms with Crippen LogP contribution in [0.15, 0.2) is 14.7 Å². The quantitative estimate of drug-likeness (QED) is 0.703. The first-order valence-electron chi connectivity index (χ1n) is 6.60. The summed E-state index contributed by atoms with van der Waals surface area (Å²) in [6.45, 7) is 5.60. The summed E-state index contributed by atoms with van der Waals surface area (Å²) in [4.78, 5) is 1.23. The van der Waals surface area contributed by atoms with Gasteiger partial charge < -0.3 is 0 Å². The molecular formula is C13H19BrClNO2S2. The van der Waals surface area contributed by atoms with Gasteiger partial charge in [-0.1, -0.05) is 13.8 Å². The SMILES string of the molecule is CC1(C)CCCN(S(=O)(=O)c2cc(CCl)sc2Br)CC1. The minimum absolute atomic E-state index is 0.220. The van der Waals surface area contributed by atoms with E-state index in [0.717, 1.165) is 24.1 Å². The smallest absolute Gasteiger partial charge is 0.207 e. The Hall–Kier alpha value is 0.380. The van der Waals surface area contributed by atoms with Crippen LogP contribution in [0.25, 0.3) is 0 Å². The number of hydrogen-bond donors (Lipinski definition) is 0. The molecule has 0 amide bonds. The summed E-state index contributed by atoms with van der Waals surface area (Å²) >= 11 is 10.5. The molecule has 1 aliphatic heterocycles. The topological polar surface area (TPSA) is 37.4 Å². The van der Waals surface area contributed by atoms with Gasteiger partial charge in [0.05, 0.1) is 9.67 Å². The van der Waals surface area contributed by atoms with E-state index in [0.29, 0.717) is 27.7 Å². The van der Waals surface area contributed by atoms with Crippen LogP contribution in [-0.4, -0.2) is 25.8 Å². The third-order valence-corrected chi connectivity index (χ3v) is 8.35. The summed E-state index contributed by atoms with van der Waals surface area (Å²) in [6.07, 6.45) is 2.88. The highest BCUT2D eigenvalue weighted by Gasteiger charge is 2.32. The summed E-state index contributed by atoms with van der Waals surface area (Å²) in [5.41, 5.74) is 0.220. The summed E-state index contributed by atoms with van der Waals surface area (Å²) in [5, 5.41) is 0. The fourth-order valence-corrected chi connectivity index (χ4v) is 6.62. The minimum atomic E-state index is -3.42. The van der Waals surface area contributed by atoms with Crippen LogP contribution < -0.4 is 0 Å². The van der Waals surface area contributed by atoms with Crippen LogP contribution in [0.2, 0.25) is 0 Å². The number of hydrogen-bond acceptors (Lipinski definition) is 3. The van der Waals surface area contributed by atoms with Crippen molar-refractivity contribution in [3.63, 3.8) is 0 Å². The summed E-state index contributed by atoms with van der Waals surface area (Å²) in [5.74, 6) is 0.339. The number of thiophene rings is 1. The molecule has 0 unspecified atom stereocenters. The zero-order valence-corrected chi connectivity index (χ0v) is 15.6. The Kier molecular flexibility index (Phi) is 5.23. The Morgan fingerprint density at radius 1 is 1.40 bits per heavy atom. The zero-order chi connectivity index (χ0) is 15.0. The van der Waals surface area contributed by atoms with E-state index in [1.165, 1.54) is 11.3 Å². The average molecular weight is 401 g/mol. The maximum atomic E-state index is 12.8. The molecule has 114 valence electrons. The maximum absolute atomic E-state index is 12.8. The Labute approximate surface area is 138 Å². The number of halogens is 2. The molecule has 0 aliphatic carbocycles. The molecule has 7 heteroatoms. The maximum Gasteiger partial charge on any atom is 0.245 e. The molecule has 0 bridgehead atoms. The van der Waals surface area contributed by atoms with Crippen molar-refractivity contribution in [1.82, 2.24) is 4.31 Å². The van der Waals surface area contributed by atoms with Crippen molar-refractivity contribution in [3.05, 3.63) is 14.7 Å². The van der Waals surface area contributed by atoms with E-state index in [-0.39, 0.29) is 5.41 Å². The van der Waals surface area contributed by atoms with Crippen molar-refractivity contribution in [3.8, 4) is 0 Å². The lowest BCUT2D eigenvalue weighted by Crippen LogP contribution is -2.32. The fraction of sp³-hybridized carbons (Fsp3) is 0.692.